The van der Waals surface area contributed by atoms with Crippen LogP contribution in [0.15, 0.2) is 59.6 Å². The van der Waals surface area contributed by atoms with Crippen LogP contribution in [-0.2, 0) is 6.54 Å². The molecule has 0 bridgehead atoms. The predicted molar refractivity (Wildman–Crippen MR) is 109 cm³/mol. The fraction of sp³-hybridized carbons (Fsp3) is 0.190. The van der Waals surface area contributed by atoms with Crippen molar-refractivity contribution in [3.63, 3.8) is 0 Å². The van der Waals surface area contributed by atoms with Gasteiger partial charge in [0.2, 0.25) is 0 Å². The summed E-state index contributed by atoms with van der Waals surface area (Å²) in [6, 6.07) is 11.0. The summed E-state index contributed by atoms with van der Waals surface area (Å²) < 4.78 is 7.06. The third kappa shape index (κ3) is 3.95. The summed E-state index contributed by atoms with van der Waals surface area (Å²) >= 11 is 5.97. The second-order valence-electron chi connectivity index (χ2n) is 7.11. The van der Waals surface area contributed by atoms with Crippen LogP contribution < -0.4 is 5.32 Å². The van der Waals surface area contributed by atoms with E-state index in [0.29, 0.717) is 29.2 Å². The Balaban J connectivity index is 1.30. The van der Waals surface area contributed by atoms with Gasteiger partial charge in [-0.15, -0.1) is 0 Å². The van der Waals surface area contributed by atoms with Gasteiger partial charge in [0.05, 0.1) is 0 Å². The molecule has 0 atom stereocenters. The van der Waals surface area contributed by atoms with Crippen molar-refractivity contribution in [3.05, 3.63) is 77.2 Å². The Kier molecular flexibility index (Phi) is 4.76. The highest BCUT2D eigenvalue weighted by atomic mass is 35.5. The lowest BCUT2D eigenvalue weighted by Gasteiger charge is -2.04. The molecule has 8 nitrogen and oxygen atoms in total. The average Bonchev–Trinajstić information content (AvgIpc) is 3.28. The summed E-state index contributed by atoms with van der Waals surface area (Å²) in [5.41, 5.74) is 1.97. The number of pyridine rings is 1. The van der Waals surface area contributed by atoms with Gasteiger partial charge in [0, 0.05) is 35.4 Å². The second kappa shape index (κ2) is 7.72. The van der Waals surface area contributed by atoms with E-state index in [0.717, 1.165) is 29.8 Å². The molecule has 0 unspecified atom stereocenters. The third-order valence-corrected chi connectivity index (χ3v) is 5.03. The van der Waals surface area contributed by atoms with Crippen molar-refractivity contribution in [2.45, 2.75) is 25.3 Å². The quantitative estimate of drug-likeness (QED) is 0.509. The predicted octanol–water partition coefficient (Wildman–Crippen LogP) is 3.78. The van der Waals surface area contributed by atoms with Crippen LogP contribution in [0.5, 0.6) is 0 Å². The van der Waals surface area contributed by atoms with Gasteiger partial charge in [0.15, 0.2) is 5.82 Å². The Hall–Kier alpha value is -3.52. The molecule has 1 aromatic carbocycles. The molecule has 0 spiro atoms. The fourth-order valence-electron chi connectivity index (χ4n) is 3.04. The van der Waals surface area contributed by atoms with Crippen LogP contribution in [0.25, 0.3) is 17.3 Å². The minimum Gasteiger partial charge on any atom is -0.347 e. The SMILES string of the molecule is O=C(NCc1cccc(Cl)c1)c1cn(-c2cc(-c3nc(C4CC4)no3)ccn2)cn1. The number of hydrogen-bond acceptors (Lipinski definition) is 6. The van der Waals surface area contributed by atoms with Gasteiger partial charge >= 0.3 is 0 Å². The molecule has 0 radical (unpaired) electrons. The number of nitrogens with zero attached hydrogens (tertiary/aromatic N) is 5. The molecule has 3 aromatic heterocycles. The first-order chi connectivity index (χ1) is 14.7. The van der Waals surface area contributed by atoms with Crippen LogP contribution in [0.1, 0.15) is 40.6 Å². The second-order valence-corrected chi connectivity index (χ2v) is 7.55. The Morgan fingerprint density at radius 2 is 2.13 bits per heavy atom. The van der Waals surface area contributed by atoms with Gasteiger partial charge < -0.3 is 9.84 Å². The van der Waals surface area contributed by atoms with E-state index in [1.54, 1.807) is 29.4 Å². The molecule has 1 aliphatic carbocycles. The molecule has 150 valence electrons. The lowest BCUT2D eigenvalue weighted by Crippen LogP contribution is -2.23. The maximum atomic E-state index is 12.4. The van der Waals surface area contributed by atoms with E-state index in [1.165, 1.54) is 0 Å². The van der Waals surface area contributed by atoms with Crippen molar-refractivity contribution in [3.8, 4) is 17.3 Å². The molecule has 1 amide bonds. The summed E-state index contributed by atoms with van der Waals surface area (Å²) in [5, 5.41) is 7.51. The molecular formula is C21H17ClN6O2. The summed E-state index contributed by atoms with van der Waals surface area (Å²) in [4.78, 5) is 25.4. The number of hydrogen-bond donors (Lipinski definition) is 1. The average molecular weight is 421 g/mol. The number of aromatic nitrogens is 5. The van der Waals surface area contributed by atoms with Crippen LogP contribution in [0.4, 0.5) is 0 Å². The Morgan fingerprint density at radius 1 is 1.23 bits per heavy atom. The first-order valence-electron chi connectivity index (χ1n) is 9.53. The van der Waals surface area contributed by atoms with Gasteiger partial charge in [-0.25, -0.2) is 9.97 Å². The molecule has 0 aliphatic heterocycles. The number of carbonyl (C=O) groups excluding carboxylic acids is 1. The third-order valence-electron chi connectivity index (χ3n) is 4.80. The highest BCUT2D eigenvalue weighted by Crippen LogP contribution is 2.38. The van der Waals surface area contributed by atoms with Crippen molar-refractivity contribution in [1.29, 1.82) is 0 Å². The van der Waals surface area contributed by atoms with E-state index in [1.807, 2.05) is 30.3 Å². The monoisotopic (exact) mass is 420 g/mol. The van der Waals surface area contributed by atoms with Gasteiger partial charge in [0.1, 0.15) is 17.8 Å². The molecule has 0 saturated heterocycles. The number of carbonyl (C=O) groups is 1. The van der Waals surface area contributed by atoms with E-state index >= 15 is 0 Å². The van der Waals surface area contributed by atoms with E-state index in [9.17, 15) is 4.79 Å². The van der Waals surface area contributed by atoms with Crippen molar-refractivity contribution in [1.82, 2.24) is 30.0 Å². The van der Waals surface area contributed by atoms with Gasteiger partial charge in [-0.3, -0.25) is 9.36 Å². The van der Waals surface area contributed by atoms with E-state index in [2.05, 4.69) is 25.4 Å². The van der Waals surface area contributed by atoms with Crippen LogP contribution >= 0.6 is 11.6 Å². The smallest absolute Gasteiger partial charge is 0.271 e. The minimum atomic E-state index is -0.282. The molecule has 1 fully saturated rings. The van der Waals surface area contributed by atoms with E-state index in [4.69, 9.17) is 16.1 Å². The normalized spacial score (nSPS) is 13.4. The van der Waals surface area contributed by atoms with Crippen LogP contribution in [0.2, 0.25) is 5.02 Å². The zero-order valence-corrected chi connectivity index (χ0v) is 16.6. The first kappa shape index (κ1) is 18.5. The Bertz CT molecular complexity index is 1210. The van der Waals surface area contributed by atoms with Gasteiger partial charge in [-0.2, -0.15) is 4.98 Å². The van der Waals surface area contributed by atoms with Crippen LogP contribution in [-0.4, -0.2) is 30.6 Å². The number of nitrogens with one attached hydrogen (secondary N) is 1. The first-order valence-corrected chi connectivity index (χ1v) is 9.90. The number of amides is 1. The molecule has 4 aromatic rings. The Labute approximate surface area is 176 Å². The number of halogens is 1. The molecule has 1 aliphatic rings. The molecule has 3 heterocycles. The van der Waals surface area contributed by atoms with E-state index in [-0.39, 0.29) is 11.6 Å². The van der Waals surface area contributed by atoms with Gasteiger partial charge in [-0.1, -0.05) is 28.9 Å². The maximum Gasteiger partial charge on any atom is 0.271 e. The van der Waals surface area contributed by atoms with Crippen molar-refractivity contribution >= 4 is 17.5 Å². The van der Waals surface area contributed by atoms with Gasteiger partial charge in [-0.05, 0) is 42.7 Å². The number of benzene rings is 1. The van der Waals surface area contributed by atoms with Crippen molar-refractivity contribution in [2.75, 3.05) is 0 Å². The summed E-state index contributed by atoms with van der Waals surface area (Å²) in [5.74, 6) is 1.95. The van der Waals surface area contributed by atoms with Gasteiger partial charge in [0.25, 0.3) is 11.8 Å². The lowest BCUT2D eigenvalue weighted by molar-refractivity contribution is 0.0946. The summed E-state index contributed by atoms with van der Waals surface area (Å²) in [7, 11) is 0. The molecular weight excluding hydrogens is 404 g/mol. The summed E-state index contributed by atoms with van der Waals surface area (Å²) in [6.07, 6.45) is 7.05. The molecule has 1 saturated carbocycles. The highest BCUT2D eigenvalue weighted by Gasteiger charge is 2.29. The van der Waals surface area contributed by atoms with Crippen LogP contribution in [0.3, 0.4) is 0 Å². The standard InChI is InChI=1S/C21H17ClN6O2/c22-16-3-1-2-13(8-16)10-24-20(29)17-11-28(12-25-17)18-9-15(6-7-23-18)21-26-19(27-30-21)14-4-5-14/h1-3,6-9,11-12,14H,4-5,10H2,(H,24,29). The highest BCUT2D eigenvalue weighted by molar-refractivity contribution is 6.30. The maximum absolute atomic E-state index is 12.4. The summed E-state index contributed by atoms with van der Waals surface area (Å²) in [6.45, 7) is 0.362. The number of rotatable bonds is 6. The topological polar surface area (TPSA) is 98.7 Å². The van der Waals surface area contributed by atoms with Crippen molar-refractivity contribution in [2.24, 2.45) is 0 Å². The molecule has 9 heteroatoms. The molecule has 5 rings (SSSR count). The zero-order chi connectivity index (χ0) is 20.5. The lowest BCUT2D eigenvalue weighted by atomic mass is 10.2. The largest absolute Gasteiger partial charge is 0.347 e. The fourth-order valence-corrected chi connectivity index (χ4v) is 3.25. The minimum absolute atomic E-state index is 0.282. The number of imidazole rings is 1. The van der Waals surface area contributed by atoms with Crippen molar-refractivity contribution < 1.29 is 9.32 Å². The molecule has 30 heavy (non-hydrogen) atoms. The zero-order valence-electron chi connectivity index (χ0n) is 15.8. The molecule has 1 N–H and O–H groups in total. The Morgan fingerprint density at radius 3 is 2.97 bits per heavy atom. The van der Waals surface area contributed by atoms with E-state index < -0.39 is 0 Å². The van der Waals surface area contributed by atoms with Crippen LogP contribution in [0, 0.1) is 0 Å².